The molecular formula is C9H15F3N4OS. The number of alkyl halides is 3. The number of nitrogens with zero attached hydrogens (tertiary/aromatic N) is 4. The summed E-state index contributed by atoms with van der Waals surface area (Å²) in [6, 6.07) is 0. The largest absolute Gasteiger partial charge is 0.415 e. The van der Waals surface area contributed by atoms with Gasteiger partial charge in [-0.1, -0.05) is 0 Å². The van der Waals surface area contributed by atoms with Gasteiger partial charge in [-0.15, -0.1) is 0 Å². The number of rotatable bonds is 5. The van der Waals surface area contributed by atoms with E-state index in [0.29, 0.717) is 11.0 Å². The number of aliphatic hydroxyl groups is 1. The average Bonchev–Trinajstić information content (AvgIpc) is 2.64. The summed E-state index contributed by atoms with van der Waals surface area (Å²) in [6.45, 7) is -0.336. The Bertz CT molecular complexity index is 382. The van der Waals surface area contributed by atoms with E-state index in [9.17, 15) is 13.2 Å². The number of hydrogen-bond donors (Lipinski definition) is 1. The second kappa shape index (κ2) is 5.81. The standard InChI is InChI=1S/C9H15F3N4OS/c1-15(2)8-13-7(14-18-8)5-16(3)4-6(17)9(10,11)12/h6,17H,4-5H2,1-3H3. The van der Waals surface area contributed by atoms with Crippen LogP contribution in [0, 0.1) is 0 Å². The first kappa shape index (κ1) is 15.1. The van der Waals surface area contributed by atoms with E-state index in [0.717, 1.165) is 0 Å². The maximum Gasteiger partial charge on any atom is 0.415 e. The van der Waals surface area contributed by atoms with Crippen LogP contribution < -0.4 is 4.90 Å². The Balaban J connectivity index is 2.51. The molecule has 0 amide bonds. The van der Waals surface area contributed by atoms with Crippen LogP contribution in [0.4, 0.5) is 18.3 Å². The number of likely N-dealkylation sites (N-methyl/N-ethyl adjacent to an activating group) is 1. The van der Waals surface area contributed by atoms with Crippen molar-refractivity contribution in [2.75, 3.05) is 32.6 Å². The Morgan fingerprint density at radius 3 is 2.39 bits per heavy atom. The van der Waals surface area contributed by atoms with Gasteiger partial charge in [0, 0.05) is 32.2 Å². The number of aliphatic hydroxyl groups excluding tert-OH is 1. The summed E-state index contributed by atoms with van der Waals surface area (Å²) >= 11 is 1.18. The average molecular weight is 284 g/mol. The highest BCUT2D eigenvalue weighted by molar-refractivity contribution is 7.09. The smallest absolute Gasteiger partial charge is 0.382 e. The lowest BCUT2D eigenvalue weighted by molar-refractivity contribution is -0.207. The number of halogens is 3. The molecule has 0 spiro atoms. The van der Waals surface area contributed by atoms with Gasteiger partial charge in [0.2, 0.25) is 5.13 Å². The summed E-state index contributed by atoms with van der Waals surface area (Å²) in [5, 5.41) is 9.60. The van der Waals surface area contributed by atoms with Crippen molar-refractivity contribution in [1.29, 1.82) is 0 Å². The van der Waals surface area contributed by atoms with Crippen LogP contribution in [0.2, 0.25) is 0 Å². The molecule has 0 radical (unpaired) electrons. The number of hydrogen-bond acceptors (Lipinski definition) is 6. The molecule has 0 aliphatic heterocycles. The summed E-state index contributed by atoms with van der Waals surface area (Å²) < 4.78 is 40.5. The molecule has 1 atom stereocenters. The molecule has 1 rings (SSSR count). The summed E-state index contributed by atoms with van der Waals surface area (Å²) in [4.78, 5) is 7.25. The highest BCUT2D eigenvalue weighted by atomic mass is 32.1. The third kappa shape index (κ3) is 4.39. The maximum absolute atomic E-state index is 12.1. The topological polar surface area (TPSA) is 52.5 Å². The molecule has 18 heavy (non-hydrogen) atoms. The Hall–Kier alpha value is -0.930. The first-order valence-corrected chi connectivity index (χ1v) is 5.90. The van der Waals surface area contributed by atoms with Gasteiger partial charge in [-0.25, -0.2) is 4.98 Å². The van der Waals surface area contributed by atoms with Gasteiger partial charge in [0.1, 0.15) is 0 Å². The molecular weight excluding hydrogens is 269 g/mol. The van der Waals surface area contributed by atoms with E-state index < -0.39 is 18.8 Å². The van der Waals surface area contributed by atoms with Crippen LogP contribution in [0.3, 0.4) is 0 Å². The summed E-state index contributed by atoms with van der Waals surface area (Å²) in [5.41, 5.74) is 0. The molecule has 0 aliphatic rings. The lowest BCUT2D eigenvalue weighted by Crippen LogP contribution is -2.39. The molecule has 104 valence electrons. The van der Waals surface area contributed by atoms with Gasteiger partial charge in [0.15, 0.2) is 11.9 Å². The van der Waals surface area contributed by atoms with Crippen molar-refractivity contribution in [2.24, 2.45) is 0 Å². The second-order valence-corrected chi connectivity index (χ2v) is 4.87. The monoisotopic (exact) mass is 284 g/mol. The van der Waals surface area contributed by atoms with Gasteiger partial charge in [0.05, 0.1) is 6.54 Å². The fourth-order valence-corrected chi connectivity index (χ4v) is 1.79. The van der Waals surface area contributed by atoms with Crippen LogP contribution in [-0.4, -0.2) is 59.3 Å². The van der Waals surface area contributed by atoms with Gasteiger partial charge in [-0.05, 0) is 7.05 Å². The molecule has 0 aliphatic carbocycles. The van der Waals surface area contributed by atoms with E-state index in [1.165, 1.54) is 23.5 Å². The molecule has 0 saturated heterocycles. The zero-order valence-corrected chi connectivity index (χ0v) is 11.1. The number of aromatic nitrogens is 2. The highest BCUT2D eigenvalue weighted by Gasteiger charge is 2.38. The fourth-order valence-electron chi connectivity index (χ4n) is 1.20. The molecule has 5 nitrogen and oxygen atoms in total. The Labute approximate surface area is 107 Å². The quantitative estimate of drug-likeness (QED) is 0.873. The minimum absolute atomic E-state index is 0.164. The normalized spacial score (nSPS) is 14.0. The molecule has 0 aromatic carbocycles. The SMILES string of the molecule is CN(Cc1nsc(N(C)C)n1)CC(O)C(F)(F)F. The molecule has 1 N–H and O–H groups in total. The molecule has 9 heteroatoms. The predicted octanol–water partition coefficient (Wildman–Crippen LogP) is 0.959. The highest BCUT2D eigenvalue weighted by Crippen LogP contribution is 2.21. The number of anilines is 1. The van der Waals surface area contributed by atoms with Gasteiger partial charge in [-0.3, -0.25) is 4.90 Å². The molecule has 0 fully saturated rings. The maximum atomic E-state index is 12.1. The van der Waals surface area contributed by atoms with E-state index >= 15 is 0 Å². The van der Waals surface area contributed by atoms with Gasteiger partial charge < -0.3 is 10.0 Å². The molecule has 1 heterocycles. The molecule has 1 aromatic rings. The third-order valence-corrected chi connectivity index (χ3v) is 3.04. The van der Waals surface area contributed by atoms with E-state index in [4.69, 9.17) is 5.11 Å². The van der Waals surface area contributed by atoms with Gasteiger partial charge in [0.25, 0.3) is 0 Å². The van der Waals surface area contributed by atoms with Crippen LogP contribution in [0.25, 0.3) is 0 Å². The Morgan fingerprint density at radius 1 is 1.33 bits per heavy atom. The van der Waals surface area contributed by atoms with Gasteiger partial charge in [-0.2, -0.15) is 17.5 Å². The zero-order chi connectivity index (χ0) is 13.9. The first-order chi connectivity index (χ1) is 8.20. The van der Waals surface area contributed by atoms with Gasteiger partial charge >= 0.3 is 6.18 Å². The van der Waals surface area contributed by atoms with Crippen molar-refractivity contribution in [3.8, 4) is 0 Å². The minimum atomic E-state index is -4.60. The van der Waals surface area contributed by atoms with E-state index in [-0.39, 0.29) is 6.54 Å². The molecule has 0 saturated carbocycles. The fraction of sp³-hybridized carbons (Fsp3) is 0.778. The summed E-state index contributed by atoms with van der Waals surface area (Å²) in [7, 11) is 5.09. The Kier molecular flexibility index (Phi) is 4.88. The first-order valence-electron chi connectivity index (χ1n) is 5.13. The van der Waals surface area contributed by atoms with Crippen molar-refractivity contribution in [2.45, 2.75) is 18.8 Å². The van der Waals surface area contributed by atoms with Crippen LogP contribution in [0.1, 0.15) is 5.82 Å². The Morgan fingerprint density at radius 2 is 1.94 bits per heavy atom. The third-order valence-electron chi connectivity index (χ3n) is 2.11. The van der Waals surface area contributed by atoms with Crippen LogP contribution in [0.15, 0.2) is 0 Å². The summed E-state index contributed by atoms with van der Waals surface area (Å²) in [5.74, 6) is 0.445. The zero-order valence-electron chi connectivity index (χ0n) is 10.3. The second-order valence-electron chi connectivity index (χ2n) is 4.14. The van der Waals surface area contributed by atoms with E-state index in [2.05, 4.69) is 9.36 Å². The predicted molar refractivity (Wildman–Crippen MR) is 62.6 cm³/mol. The lowest BCUT2D eigenvalue weighted by Gasteiger charge is -2.20. The molecule has 0 bridgehead atoms. The van der Waals surface area contributed by atoms with Crippen molar-refractivity contribution < 1.29 is 18.3 Å². The van der Waals surface area contributed by atoms with Crippen molar-refractivity contribution >= 4 is 16.7 Å². The van der Waals surface area contributed by atoms with E-state index in [1.54, 1.807) is 19.0 Å². The van der Waals surface area contributed by atoms with Crippen LogP contribution in [0.5, 0.6) is 0 Å². The van der Waals surface area contributed by atoms with E-state index in [1.807, 2.05) is 0 Å². The minimum Gasteiger partial charge on any atom is -0.382 e. The summed E-state index contributed by atoms with van der Waals surface area (Å²) in [6.07, 6.45) is -6.95. The molecule has 1 aromatic heterocycles. The molecule has 1 unspecified atom stereocenters. The van der Waals surface area contributed by atoms with Crippen LogP contribution >= 0.6 is 11.5 Å². The van der Waals surface area contributed by atoms with Crippen molar-refractivity contribution in [3.05, 3.63) is 5.82 Å². The van der Waals surface area contributed by atoms with Crippen molar-refractivity contribution in [3.63, 3.8) is 0 Å². The van der Waals surface area contributed by atoms with Crippen molar-refractivity contribution in [1.82, 2.24) is 14.3 Å². The van der Waals surface area contributed by atoms with Crippen LogP contribution in [-0.2, 0) is 6.54 Å². The lowest BCUT2D eigenvalue weighted by atomic mass is 10.3.